The van der Waals surface area contributed by atoms with Crippen LogP contribution < -0.4 is 5.32 Å². The average Bonchev–Trinajstić information content (AvgIpc) is 2.99. The number of halogens is 1. The monoisotopic (exact) mass is 315 g/mol. The maximum absolute atomic E-state index is 13.4. The third-order valence-electron chi connectivity index (χ3n) is 3.55. The molecule has 0 aliphatic heterocycles. The van der Waals surface area contributed by atoms with Crippen LogP contribution in [0.15, 0.2) is 36.8 Å². The van der Waals surface area contributed by atoms with Crippen LogP contribution in [0, 0.1) is 5.82 Å². The fourth-order valence-corrected chi connectivity index (χ4v) is 2.40. The Morgan fingerprint density at radius 1 is 1.17 bits per heavy atom. The van der Waals surface area contributed by atoms with Gasteiger partial charge < -0.3 is 10.4 Å². The van der Waals surface area contributed by atoms with Crippen LogP contribution in [0.5, 0.6) is 0 Å². The largest absolute Gasteiger partial charge is 0.396 e. The van der Waals surface area contributed by atoms with Crippen LogP contribution >= 0.6 is 0 Å². The van der Waals surface area contributed by atoms with Crippen molar-refractivity contribution in [1.29, 1.82) is 0 Å². The highest BCUT2D eigenvalue weighted by atomic mass is 19.1. The highest BCUT2D eigenvalue weighted by Crippen LogP contribution is 2.21. The predicted molar refractivity (Wildman–Crippen MR) is 86.0 cm³/mol. The molecule has 7 heteroatoms. The number of aromatic nitrogens is 4. The number of hydrogen-bond acceptors (Lipinski definition) is 5. The lowest BCUT2D eigenvalue weighted by Crippen LogP contribution is -2.05. The molecule has 2 aromatic heterocycles. The molecule has 0 saturated carbocycles. The van der Waals surface area contributed by atoms with E-state index in [-0.39, 0.29) is 12.4 Å². The van der Waals surface area contributed by atoms with Gasteiger partial charge in [-0.1, -0.05) is 6.07 Å². The number of fused-ring (bicyclic) bond motifs is 1. The molecular formula is C16H18FN5O. The molecule has 3 rings (SSSR count). The molecular weight excluding hydrogens is 297 g/mol. The highest BCUT2D eigenvalue weighted by Gasteiger charge is 2.11. The molecule has 0 aliphatic carbocycles. The number of rotatable bonds is 7. The van der Waals surface area contributed by atoms with E-state index in [2.05, 4.69) is 20.4 Å². The molecule has 0 atom stereocenters. The first-order valence-corrected chi connectivity index (χ1v) is 7.59. The summed E-state index contributed by atoms with van der Waals surface area (Å²) in [4.78, 5) is 8.51. The van der Waals surface area contributed by atoms with Crippen molar-refractivity contribution in [3.63, 3.8) is 0 Å². The number of hydrogen-bond donors (Lipinski definition) is 2. The number of anilines is 1. The van der Waals surface area contributed by atoms with Gasteiger partial charge in [0.1, 0.15) is 18.0 Å². The maximum Gasteiger partial charge on any atom is 0.168 e. The van der Waals surface area contributed by atoms with E-state index in [1.165, 1.54) is 18.5 Å². The molecule has 0 saturated heterocycles. The van der Waals surface area contributed by atoms with Crippen molar-refractivity contribution in [1.82, 2.24) is 19.7 Å². The number of unbranched alkanes of at least 4 members (excludes halogenated alkanes) is 2. The van der Waals surface area contributed by atoms with E-state index in [0.717, 1.165) is 31.2 Å². The van der Waals surface area contributed by atoms with Crippen LogP contribution in [-0.2, 0) is 0 Å². The molecule has 0 bridgehead atoms. The standard InChI is InChI=1S/C16H18FN5O/c17-12-5-4-6-13(9-12)22-16-14(10-21-22)15(19-11-20-16)18-7-2-1-3-8-23/h4-6,9-11,23H,1-3,7-8H2,(H,18,19,20). The lowest BCUT2D eigenvalue weighted by Gasteiger charge is -2.06. The van der Waals surface area contributed by atoms with Gasteiger partial charge in [0.15, 0.2) is 5.65 Å². The molecule has 0 unspecified atom stereocenters. The Bertz CT molecular complexity index is 789. The minimum atomic E-state index is -0.317. The molecule has 0 amide bonds. The molecule has 120 valence electrons. The molecule has 3 aromatic rings. The van der Waals surface area contributed by atoms with Gasteiger partial charge in [0.25, 0.3) is 0 Å². The molecule has 0 spiro atoms. The van der Waals surface area contributed by atoms with Crippen LogP contribution in [-0.4, -0.2) is 38.0 Å². The summed E-state index contributed by atoms with van der Waals surface area (Å²) in [7, 11) is 0. The Hall–Kier alpha value is -2.54. The fourth-order valence-electron chi connectivity index (χ4n) is 2.40. The van der Waals surface area contributed by atoms with Crippen molar-refractivity contribution in [2.45, 2.75) is 19.3 Å². The number of nitrogens with one attached hydrogen (secondary N) is 1. The van der Waals surface area contributed by atoms with Crippen molar-refractivity contribution in [2.75, 3.05) is 18.5 Å². The summed E-state index contributed by atoms with van der Waals surface area (Å²) in [5, 5.41) is 17.1. The smallest absolute Gasteiger partial charge is 0.168 e. The topological polar surface area (TPSA) is 75.9 Å². The second kappa shape index (κ2) is 7.15. The number of aliphatic hydroxyl groups is 1. The second-order valence-corrected chi connectivity index (χ2v) is 5.21. The first-order valence-electron chi connectivity index (χ1n) is 7.59. The van der Waals surface area contributed by atoms with Crippen LogP contribution in [0.3, 0.4) is 0 Å². The number of nitrogens with zero attached hydrogens (tertiary/aromatic N) is 4. The van der Waals surface area contributed by atoms with Crippen LogP contribution in [0.2, 0.25) is 0 Å². The molecule has 23 heavy (non-hydrogen) atoms. The summed E-state index contributed by atoms with van der Waals surface area (Å²) in [5.41, 5.74) is 1.25. The summed E-state index contributed by atoms with van der Waals surface area (Å²) in [5.74, 6) is 0.393. The van der Waals surface area contributed by atoms with Crippen molar-refractivity contribution in [2.24, 2.45) is 0 Å². The zero-order valence-corrected chi connectivity index (χ0v) is 12.6. The van der Waals surface area contributed by atoms with Gasteiger partial charge in [-0.3, -0.25) is 0 Å². The number of benzene rings is 1. The first kappa shape index (κ1) is 15.4. The first-order chi connectivity index (χ1) is 11.3. The maximum atomic E-state index is 13.4. The molecule has 0 fully saturated rings. The predicted octanol–water partition coefficient (Wildman–Crippen LogP) is 2.53. The van der Waals surface area contributed by atoms with Crippen LogP contribution in [0.25, 0.3) is 16.7 Å². The van der Waals surface area contributed by atoms with Gasteiger partial charge in [0.05, 0.1) is 17.3 Å². The molecule has 0 radical (unpaired) electrons. The van der Waals surface area contributed by atoms with Gasteiger partial charge in [-0.25, -0.2) is 19.0 Å². The summed E-state index contributed by atoms with van der Waals surface area (Å²) in [6.45, 7) is 0.982. The van der Waals surface area contributed by atoms with Gasteiger partial charge >= 0.3 is 0 Å². The second-order valence-electron chi connectivity index (χ2n) is 5.21. The quantitative estimate of drug-likeness (QED) is 0.655. The average molecular weight is 315 g/mol. The molecule has 1 aromatic carbocycles. The molecule has 2 N–H and O–H groups in total. The van der Waals surface area contributed by atoms with E-state index >= 15 is 0 Å². The highest BCUT2D eigenvalue weighted by molar-refractivity contribution is 5.87. The summed E-state index contributed by atoms with van der Waals surface area (Å²) in [6.07, 6.45) is 5.86. The van der Waals surface area contributed by atoms with E-state index in [4.69, 9.17) is 5.11 Å². The van der Waals surface area contributed by atoms with Gasteiger partial charge in [0.2, 0.25) is 0 Å². The van der Waals surface area contributed by atoms with Gasteiger partial charge in [-0.2, -0.15) is 5.10 Å². The van der Waals surface area contributed by atoms with E-state index in [0.29, 0.717) is 17.2 Å². The summed E-state index contributed by atoms with van der Waals surface area (Å²) >= 11 is 0. The number of aliphatic hydroxyl groups excluding tert-OH is 1. The van der Waals surface area contributed by atoms with Crippen LogP contribution in [0.4, 0.5) is 10.2 Å². The summed E-state index contributed by atoms with van der Waals surface area (Å²) < 4.78 is 15.0. The van der Waals surface area contributed by atoms with E-state index in [1.807, 2.05) is 0 Å². The minimum absolute atomic E-state index is 0.220. The SMILES string of the molecule is OCCCCCNc1ncnc2c1cnn2-c1cccc(F)c1. The van der Waals surface area contributed by atoms with Crippen molar-refractivity contribution in [3.8, 4) is 5.69 Å². The third-order valence-corrected chi connectivity index (χ3v) is 3.55. The molecule has 6 nitrogen and oxygen atoms in total. The Morgan fingerprint density at radius 2 is 2.09 bits per heavy atom. The van der Waals surface area contributed by atoms with E-state index in [9.17, 15) is 4.39 Å². The third kappa shape index (κ3) is 3.45. The zero-order chi connectivity index (χ0) is 16.1. The van der Waals surface area contributed by atoms with Crippen molar-refractivity contribution in [3.05, 3.63) is 42.6 Å². The molecule has 0 aliphatic rings. The molecule has 2 heterocycles. The Labute approximate surface area is 133 Å². The Balaban J connectivity index is 1.83. The van der Waals surface area contributed by atoms with Crippen molar-refractivity contribution >= 4 is 16.9 Å². The minimum Gasteiger partial charge on any atom is -0.396 e. The van der Waals surface area contributed by atoms with Gasteiger partial charge in [0, 0.05) is 13.2 Å². The van der Waals surface area contributed by atoms with Gasteiger partial charge in [-0.05, 0) is 37.5 Å². The summed E-state index contributed by atoms with van der Waals surface area (Å²) in [6, 6.07) is 6.22. The van der Waals surface area contributed by atoms with Crippen molar-refractivity contribution < 1.29 is 9.50 Å². The fraction of sp³-hybridized carbons (Fsp3) is 0.312. The lowest BCUT2D eigenvalue weighted by molar-refractivity contribution is 0.283. The zero-order valence-electron chi connectivity index (χ0n) is 12.6. The van der Waals surface area contributed by atoms with Crippen LogP contribution in [0.1, 0.15) is 19.3 Å². The van der Waals surface area contributed by atoms with E-state index in [1.54, 1.807) is 23.0 Å². The Morgan fingerprint density at radius 3 is 2.91 bits per heavy atom. The normalized spacial score (nSPS) is 11.0. The Kier molecular flexibility index (Phi) is 4.77. The van der Waals surface area contributed by atoms with E-state index < -0.39 is 0 Å². The van der Waals surface area contributed by atoms with Gasteiger partial charge in [-0.15, -0.1) is 0 Å². The lowest BCUT2D eigenvalue weighted by atomic mass is 10.2.